The Kier molecular flexibility index (Phi) is 5.98. The second-order valence-corrected chi connectivity index (χ2v) is 12.0. The van der Waals surface area contributed by atoms with Crippen molar-refractivity contribution < 1.29 is 19.8 Å². The largest absolute Gasteiger partial charge is 0.481 e. The van der Waals surface area contributed by atoms with E-state index in [1.54, 1.807) is 0 Å². The number of fused-ring (bicyclic) bond motifs is 4. The van der Waals surface area contributed by atoms with E-state index in [-0.39, 0.29) is 23.5 Å². The number of ketones is 1. The van der Waals surface area contributed by atoms with E-state index in [0.717, 1.165) is 31.4 Å². The Morgan fingerprint density at radius 1 is 1.17 bits per heavy atom. The van der Waals surface area contributed by atoms with Crippen LogP contribution >= 0.6 is 0 Å². The molecule has 1 aromatic carbocycles. The molecular weight excluding hydrogens is 438 g/mol. The fourth-order valence-electron chi connectivity index (χ4n) is 8.07. The molecule has 0 saturated heterocycles. The van der Waals surface area contributed by atoms with Crippen LogP contribution in [0.2, 0.25) is 0 Å². The molecule has 2 N–H and O–H groups in total. The van der Waals surface area contributed by atoms with Gasteiger partial charge in [0.2, 0.25) is 0 Å². The Balaban J connectivity index is 1.64. The summed E-state index contributed by atoms with van der Waals surface area (Å²) in [5.74, 6) is 0.601. The maximum Gasteiger partial charge on any atom is 0.303 e. The Hall–Kier alpha value is -2.40. The molecule has 0 aliphatic heterocycles. The number of carboxylic acids is 1. The highest BCUT2D eigenvalue weighted by Crippen LogP contribution is 2.68. The van der Waals surface area contributed by atoms with E-state index in [0.29, 0.717) is 37.0 Å². The summed E-state index contributed by atoms with van der Waals surface area (Å²) < 4.78 is 0. The number of carboxylic acid groups (broad SMARTS) is 1. The molecule has 0 heterocycles. The molecule has 2 fully saturated rings. The summed E-state index contributed by atoms with van der Waals surface area (Å²) >= 11 is 0. The normalized spacial score (nSPS) is 36.3. The van der Waals surface area contributed by atoms with Crippen LogP contribution in [-0.4, -0.2) is 41.7 Å². The lowest BCUT2D eigenvalue weighted by Gasteiger charge is -2.55. The Labute approximate surface area is 208 Å². The number of hydrogen-bond acceptors (Lipinski definition) is 4. The first kappa shape index (κ1) is 24.3. The van der Waals surface area contributed by atoms with Gasteiger partial charge in [-0.2, -0.15) is 0 Å². The quantitative estimate of drug-likeness (QED) is 0.586. The highest BCUT2D eigenvalue weighted by atomic mass is 16.4. The van der Waals surface area contributed by atoms with Gasteiger partial charge in [-0.15, -0.1) is 0 Å². The van der Waals surface area contributed by atoms with Gasteiger partial charge in [0, 0.05) is 44.0 Å². The van der Waals surface area contributed by atoms with Crippen molar-refractivity contribution >= 4 is 17.4 Å². The molecule has 35 heavy (non-hydrogen) atoms. The average Bonchev–Trinajstić information content (AvgIpc) is 3.08. The molecule has 1 aromatic rings. The second-order valence-electron chi connectivity index (χ2n) is 12.0. The first-order chi connectivity index (χ1) is 16.5. The Morgan fingerprint density at radius 2 is 1.89 bits per heavy atom. The molecule has 5 heteroatoms. The molecule has 0 aromatic heterocycles. The number of aliphatic carboxylic acids is 1. The average molecular weight is 478 g/mol. The lowest BCUT2D eigenvalue weighted by Crippen LogP contribution is -2.52. The van der Waals surface area contributed by atoms with Gasteiger partial charge in [-0.3, -0.25) is 9.59 Å². The van der Waals surface area contributed by atoms with E-state index in [1.807, 2.05) is 20.2 Å². The van der Waals surface area contributed by atoms with E-state index in [2.05, 4.69) is 43.0 Å². The number of allylic oxidation sites excluding steroid dienone is 4. The van der Waals surface area contributed by atoms with E-state index < -0.39 is 11.6 Å². The van der Waals surface area contributed by atoms with Crippen LogP contribution in [0.4, 0.5) is 5.69 Å². The van der Waals surface area contributed by atoms with Gasteiger partial charge in [-0.25, -0.2) is 0 Å². The molecule has 0 bridgehead atoms. The van der Waals surface area contributed by atoms with E-state index in [1.165, 1.54) is 22.3 Å². The summed E-state index contributed by atoms with van der Waals surface area (Å²) in [5, 5.41) is 21.3. The smallest absolute Gasteiger partial charge is 0.303 e. The zero-order valence-corrected chi connectivity index (χ0v) is 21.5. The van der Waals surface area contributed by atoms with E-state index in [9.17, 15) is 19.8 Å². The van der Waals surface area contributed by atoms with Gasteiger partial charge in [0.15, 0.2) is 5.78 Å². The summed E-state index contributed by atoms with van der Waals surface area (Å²) in [6.45, 7) is 4.48. The lowest BCUT2D eigenvalue weighted by atomic mass is 9.50. The number of rotatable bonds is 5. The summed E-state index contributed by atoms with van der Waals surface area (Å²) in [6, 6.07) is 8.80. The molecule has 0 radical (unpaired) electrons. The van der Waals surface area contributed by atoms with Crippen molar-refractivity contribution in [2.75, 3.05) is 19.0 Å². The number of nitrogens with zero attached hydrogens (tertiary/aromatic N) is 1. The van der Waals surface area contributed by atoms with Gasteiger partial charge in [0.05, 0.1) is 5.60 Å². The van der Waals surface area contributed by atoms with Gasteiger partial charge in [0.25, 0.3) is 0 Å². The van der Waals surface area contributed by atoms with E-state index >= 15 is 0 Å². The Bertz CT molecular complexity index is 1100. The minimum Gasteiger partial charge on any atom is -0.481 e. The minimum atomic E-state index is -0.962. The molecule has 0 unspecified atom stereocenters. The number of aliphatic hydroxyl groups is 1. The van der Waals surface area contributed by atoms with Gasteiger partial charge in [-0.1, -0.05) is 31.6 Å². The van der Waals surface area contributed by atoms with Crippen LogP contribution in [0, 0.1) is 23.2 Å². The predicted octanol–water partition coefficient (Wildman–Crippen LogP) is 5.49. The number of carbonyl (C=O) groups excluding carboxylic acids is 1. The second kappa shape index (κ2) is 8.62. The SMILES string of the molecule is C[C@@H]1C[C@@H]2C(=C3CCC(=O)C=C31)[C@@H](c1ccc(N(C)C)cc1)C[C@@]1(C)[C@H]2CC[C@@]1(O)CCC(=O)O. The van der Waals surface area contributed by atoms with Crippen LogP contribution in [0.1, 0.15) is 76.7 Å². The summed E-state index contributed by atoms with van der Waals surface area (Å²) in [6.07, 6.45) is 7.05. The molecule has 2 saturated carbocycles. The number of anilines is 1. The third kappa shape index (κ3) is 3.87. The molecule has 4 aliphatic rings. The molecule has 5 rings (SSSR count). The summed E-state index contributed by atoms with van der Waals surface area (Å²) in [4.78, 5) is 25.9. The summed E-state index contributed by atoms with van der Waals surface area (Å²) in [7, 11) is 4.09. The molecule has 4 aliphatic carbocycles. The van der Waals surface area contributed by atoms with E-state index in [4.69, 9.17) is 0 Å². The molecule has 0 amide bonds. The maximum absolute atomic E-state index is 12.3. The molecular formula is C30H39NO4. The third-order valence-electron chi connectivity index (χ3n) is 9.98. The fourth-order valence-corrected chi connectivity index (χ4v) is 8.07. The fraction of sp³-hybridized carbons (Fsp3) is 0.600. The standard InChI is InChI=1S/C30H39NO4/c1-18-15-24-26-11-13-30(35,14-12-27(33)34)29(26,2)17-25(19-5-7-20(8-6-19)31(3)4)28(24)22-10-9-21(32)16-23(18)22/h5-8,16,18,24-26,35H,9-15,17H2,1-4H3,(H,33,34)/t18-,24+,25-,26+,29+,30-/m1/s1. The predicted molar refractivity (Wildman–Crippen MR) is 137 cm³/mol. The third-order valence-corrected chi connectivity index (χ3v) is 9.98. The number of hydrogen-bond donors (Lipinski definition) is 2. The van der Waals surface area contributed by atoms with Crippen molar-refractivity contribution in [3.63, 3.8) is 0 Å². The first-order valence-corrected chi connectivity index (χ1v) is 13.2. The van der Waals surface area contributed by atoms with Crippen LogP contribution in [0.5, 0.6) is 0 Å². The first-order valence-electron chi connectivity index (χ1n) is 13.2. The molecule has 0 spiro atoms. The zero-order valence-electron chi connectivity index (χ0n) is 21.5. The lowest BCUT2D eigenvalue weighted by molar-refractivity contribution is -0.142. The zero-order chi connectivity index (χ0) is 25.1. The van der Waals surface area contributed by atoms with Gasteiger partial charge in [0.1, 0.15) is 0 Å². The molecule has 5 nitrogen and oxygen atoms in total. The van der Waals surface area contributed by atoms with Crippen molar-refractivity contribution in [2.45, 2.75) is 76.7 Å². The van der Waals surface area contributed by atoms with Gasteiger partial charge in [-0.05, 0) is 91.2 Å². The molecule has 188 valence electrons. The van der Waals surface area contributed by atoms with Gasteiger partial charge >= 0.3 is 5.97 Å². The van der Waals surface area contributed by atoms with Crippen molar-refractivity contribution in [3.05, 3.63) is 52.6 Å². The highest BCUT2D eigenvalue weighted by Gasteiger charge is 2.62. The van der Waals surface area contributed by atoms with Crippen LogP contribution in [0.25, 0.3) is 0 Å². The van der Waals surface area contributed by atoms with Gasteiger partial charge < -0.3 is 15.1 Å². The van der Waals surface area contributed by atoms with Crippen molar-refractivity contribution in [3.8, 4) is 0 Å². The topological polar surface area (TPSA) is 77.8 Å². The maximum atomic E-state index is 12.3. The van der Waals surface area contributed by atoms with Crippen molar-refractivity contribution in [1.82, 2.24) is 0 Å². The highest BCUT2D eigenvalue weighted by molar-refractivity contribution is 5.93. The van der Waals surface area contributed by atoms with Crippen LogP contribution in [0.15, 0.2) is 47.1 Å². The number of carbonyl (C=O) groups is 2. The molecule has 6 atom stereocenters. The van der Waals surface area contributed by atoms with Crippen LogP contribution < -0.4 is 4.90 Å². The Morgan fingerprint density at radius 3 is 2.54 bits per heavy atom. The van der Waals surface area contributed by atoms with Crippen LogP contribution in [0.3, 0.4) is 0 Å². The summed E-state index contributed by atoms with van der Waals surface area (Å²) in [5.41, 5.74) is 5.26. The van der Waals surface area contributed by atoms with Crippen LogP contribution in [-0.2, 0) is 9.59 Å². The monoisotopic (exact) mass is 477 g/mol. The van der Waals surface area contributed by atoms with Crippen molar-refractivity contribution in [2.24, 2.45) is 23.2 Å². The number of benzene rings is 1. The minimum absolute atomic E-state index is 0.00498. The van der Waals surface area contributed by atoms with Crippen molar-refractivity contribution in [1.29, 1.82) is 0 Å².